The molecule has 0 atom stereocenters. The smallest absolute Gasteiger partial charge is 0.195 e. The van der Waals surface area contributed by atoms with E-state index in [4.69, 9.17) is 5.73 Å². The number of nitrogens with one attached hydrogen (secondary N) is 1. The topological polar surface area (TPSA) is 92.8 Å². The highest BCUT2D eigenvalue weighted by Crippen LogP contribution is 2.23. The molecular weight excluding hydrogens is 192 g/mol. The highest BCUT2D eigenvalue weighted by atomic mass is 15.5. The Morgan fingerprint density at radius 2 is 2.20 bits per heavy atom. The Morgan fingerprint density at radius 3 is 2.87 bits per heavy atom. The summed E-state index contributed by atoms with van der Waals surface area (Å²) in [4.78, 5) is 4.30. The Hall–Kier alpha value is -1.46. The molecule has 3 N–H and O–H groups in total. The summed E-state index contributed by atoms with van der Waals surface area (Å²) in [6.07, 6.45) is 6.20. The number of aromatic amines is 1. The van der Waals surface area contributed by atoms with Gasteiger partial charge in [-0.25, -0.2) is 0 Å². The molecule has 0 saturated heterocycles. The second-order valence-electron chi connectivity index (χ2n) is 3.90. The van der Waals surface area contributed by atoms with Crippen molar-refractivity contribution in [3.8, 4) is 0 Å². The molecule has 6 heteroatoms. The zero-order valence-electron chi connectivity index (χ0n) is 8.69. The molecule has 0 aromatic carbocycles. The normalized spacial score (nSPS) is 19.3. The lowest BCUT2D eigenvalue weighted by Gasteiger charge is -2.20. The van der Waals surface area contributed by atoms with Gasteiger partial charge < -0.3 is 5.73 Å². The first-order valence-corrected chi connectivity index (χ1v) is 5.38. The van der Waals surface area contributed by atoms with Crippen LogP contribution >= 0.6 is 0 Å². The van der Waals surface area contributed by atoms with Gasteiger partial charge in [-0.1, -0.05) is 24.5 Å². The number of nitrogens with two attached hydrogens (primary N) is 1. The zero-order chi connectivity index (χ0) is 10.5. The van der Waals surface area contributed by atoms with E-state index in [9.17, 15) is 0 Å². The van der Waals surface area contributed by atoms with Gasteiger partial charge in [-0.05, 0) is 12.8 Å². The Labute approximate surface area is 88.4 Å². The highest BCUT2D eigenvalue weighted by molar-refractivity contribution is 5.82. The number of amidine groups is 1. The molecule has 0 bridgehead atoms. The Morgan fingerprint density at radius 1 is 1.40 bits per heavy atom. The number of H-pyrrole nitrogens is 1. The quantitative estimate of drug-likeness (QED) is 0.563. The van der Waals surface area contributed by atoms with Crippen molar-refractivity contribution in [1.82, 2.24) is 20.6 Å². The van der Waals surface area contributed by atoms with E-state index in [-0.39, 0.29) is 0 Å². The Kier molecular flexibility index (Phi) is 3.26. The number of rotatable bonds is 3. The number of aromatic nitrogens is 4. The van der Waals surface area contributed by atoms with Gasteiger partial charge in [-0.3, -0.25) is 4.99 Å². The van der Waals surface area contributed by atoms with Crippen molar-refractivity contribution < 1.29 is 0 Å². The number of hydrogen-bond acceptors (Lipinski definition) is 4. The molecule has 15 heavy (non-hydrogen) atoms. The van der Waals surface area contributed by atoms with E-state index in [1.54, 1.807) is 0 Å². The van der Waals surface area contributed by atoms with Gasteiger partial charge in [0, 0.05) is 5.92 Å². The largest absolute Gasteiger partial charge is 0.387 e. The molecule has 0 spiro atoms. The molecule has 1 fully saturated rings. The second-order valence-corrected chi connectivity index (χ2v) is 3.90. The first-order valence-electron chi connectivity index (χ1n) is 5.38. The molecule has 1 aromatic rings. The van der Waals surface area contributed by atoms with Crippen LogP contribution in [0.1, 0.15) is 37.9 Å². The molecule has 0 radical (unpaired) electrons. The van der Waals surface area contributed by atoms with Gasteiger partial charge in [-0.2, -0.15) is 5.21 Å². The van der Waals surface area contributed by atoms with Gasteiger partial charge in [0.25, 0.3) is 0 Å². The highest BCUT2D eigenvalue weighted by Gasteiger charge is 2.16. The molecule has 0 amide bonds. The van der Waals surface area contributed by atoms with Crippen LogP contribution in [0.5, 0.6) is 0 Å². The molecular formula is C9H16N6. The second kappa shape index (κ2) is 4.86. The fraction of sp³-hybridized carbons (Fsp3) is 0.778. The minimum atomic E-state index is 0.429. The molecule has 1 heterocycles. The van der Waals surface area contributed by atoms with Gasteiger partial charge in [0.15, 0.2) is 5.82 Å². The lowest BCUT2D eigenvalue weighted by atomic mass is 9.88. The molecule has 2 rings (SSSR count). The van der Waals surface area contributed by atoms with Crippen molar-refractivity contribution >= 4 is 5.84 Å². The summed E-state index contributed by atoms with van der Waals surface area (Å²) in [5.74, 6) is 1.80. The molecule has 1 aromatic heterocycles. The third kappa shape index (κ3) is 2.74. The minimum Gasteiger partial charge on any atom is -0.387 e. The van der Waals surface area contributed by atoms with Crippen molar-refractivity contribution in [2.24, 2.45) is 16.6 Å². The number of hydrogen-bond donors (Lipinski definition) is 2. The molecule has 6 nitrogen and oxygen atoms in total. The summed E-state index contributed by atoms with van der Waals surface area (Å²) >= 11 is 0. The summed E-state index contributed by atoms with van der Waals surface area (Å²) in [5, 5.41) is 13.5. The third-order valence-electron chi connectivity index (χ3n) is 2.82. The van der Waals surface area contributed by atoms with E-state index < -0.39 is 0 Å². The number of nitrogens with zero attached hydrogens (tertiary/aromatic N) is 4. The van der Waals surface area contributed by atoms with Crippen LogP contribution in [0.25, 0.3) is 0 Å². The van der Waals surface area contributed by atoms with E-state index >= 15 is 0 Å². The third-order valence-corrected chi connectivity index (χ3v) is 2.82. The summed E-state index contributed by atoms with van der Waals surface area (Å²) < 4.78 is 0. The fourth-order valence-electron chi connectivity index (χ4n) is 1.94. The first kappa shape index (κ1) is 10.1. The van der Waals surface area contributed by atoms with Crippen LogP contribution in [0, 0.1) is 5.92 Å². The van der Waals surface area contributed by atoms with Gasteiger partial charge >= 0.3 is 0 Å². The van der Waals surface area contributed by atoms with Gasteiger partial charge in [-0.15, -0.1) is 10.2 Å². The molecule has 1 saturated carbocycles. The maximum absolute atomic E-state index is 5.93. The van der Waals surface area contributed by atoms with Crippen LogP contribution in [0.2, 0.25) is 0 Å². The fourth-order valence-corrected chi connectivity index (χ4v) is 1.94. The van der Waals surface area contributed by atoms with Crippen LogP contribution in [0.4, 0.5) is 0 Å². The van der Waals surface area contributed by atoms with Gasteiger partial charge in [0.05, 0.1) is 5.84 Å². The van der Waals surface area contributed by atoms with Crippen molar-refractivity contribution in [3.05, 3.63) is 5.82 Å². The SMILES string of the molecule is NC(=NCc1nn[nH]n1)C1CCCCC1. The van der Waals surface area contributed by atoms with Gasteiger partial charge in [0.1, 0.15) is 6.54 Å². The standard InChI is InChI=1S/C9H16N6/c10-9(7-4-2-1-3-5-7)11-6-8-12-14-15-13-8/h7H,1-6H2,(H2,10,11)(H,12,13,14,15). The summed E-state index contributed by atoms with van der Waals surface area (Å²) in [6.45, 7) is 0.429. The molecule has 82 valence electrons. The predicted molar refractivity (Wildman–Crippen MR) is 56.1 cm³/mol. The van der Waals surface area contributed by atoms with E-state index in [0.717, 1.165) is 5.84 Å². The van der Waals surface area contributed by atoms with Crippen LogP contribution in [-0.2, 0) is 6.54 Å². The van der Waals surface area contributed by atoms with Gasteiger partial charge in [0.2, 0.25) is 0 Å². The number of tetrazole rings is 1. The van der Waals surface area contributed by atoms with E-state index in [1.165, 1.54) is 32.1 Å². The summed E-state index contributed by atoms with van der Waals surface area (Å²) in [5.41, 5.74) is 5.93. The van der Waals surface area contributed by atoms with E-state index in [0.29, 0.717) is 18.3 Å². The maximum atomic E-state index is 5.93. The molecule has 0 aliphatic heterocycles. The monoisotopic (exact) mass is 208 g/mol. The number of aliphatic imine (C=N–C) groups is 1. The molecule has 1 aliphatic carbocycles. The molecule has 1 aliphatic rings. The summed E-state index contributed by atoms with van der Waals surface area (Å²) in [6, 6.07) is 0. The van der Waals surface area contributed by atoms with Crippen LogP contribution in [-0.4, -0.2) is 26.5 Å². The van der Waals surface area contributed by atoms with E-state index in [2.05, 4.69) is 25.6 Å². The predicted octanol–water partition coefficient (Wildman–Crippen LogP) is 0.637. The van der Waals surface area contributed by atoms with Crippen molar-refractivity contribution in [1.29, 1.82) is 0 Å². The van der Waals surface area contributed by atoms with Crippen LogP contribution in [0.15, 0.2) is 4.99 Å². The minimum absolute atomic E-state index is 0.429. The average Bonchev–Trinajstić information content (AvgIpc) is 2.80. The average molecular weight is 208 g/mol. The zero-order valence-corrected chi connectivity index (χ0v) is 8.69. The van der Waals surface area contributed by atoms with E-state index in [1.807, 2.05) is 0 Å². The lowest BCUT2D eigenvalue weighted by Crippen LogP contribution is -2.25. The lowest BCUT2D eigenvalue weighted by molar-refractivity contribution is 0.436. The Bertz CT molecular complexity index is 311. The Balaban J connectivity index is 1.88. The molecule has 0 unspecified atom stereocenters. The summed E-state index contributed by atoms with van der Waals surface area (Å²) in [7, 11) is 0. The van der Waals surface area contributed by atoms with Crippen LogP contribution < -0.4 is 5.73 Å². The van der Waals surface area contributed by atoms with Crippen molar-refractivity contribution in [2.75, 3.05) is 0 Å². The first-order chi connectivity index (χ1) is 7.36. The van der Waals surface area contributed by atoms with Crippen LogP contribution in [0.3, 0.4) is 0 Å². The maximum Gasteiger partial charge on any atom is 0.195 e. The van der Waals surface area contributed by atoms with Crippen molar-refractivity contribution in [2.45, 2.75) is 38.6 Å². The van der Waals surface area contributed by atoms with Crippen molar-refractivity contribution in [3.63, 3.8) is 0 Å².